The van der Waals surface area contributed by atoms with E-state index >= 15 is 0 Å². The summed E-state index contributed by atoms with van der Waals surface area (Å²) < 4.78 is 1.14. The van der Waals surface area contributed by atoms with E-state index in [-0.39, 0.29) is 0 Å². The molecule has 94 valence electrons. The van der Waals surface area contributed by atoms with Gasteiger partial charge in [-0.3, -0.25) is 0 Å². The third-order valence-corrected chi connectivity index (χ3v) is 4.53. The van der Waals surface area contributed by atoms with E-state index in [1.807, 2.05) is 18.2 Å². The molecule has 1 N–H and O–H groups in total. The van der Waals surface area contributed by atoms with Crippen LogP contribution in [0.3, 0.4) is 0 Å². The van der Waals surface area contributed by atoms with Crippen molar-refractivity contribution >= 4 is 27.5 Å². The van der Waals surface area contributed by atoms with Crippen LogP contribution < -0.4 is 5.32 Å². The van der Waals surface area contributed by atoms with Crippen molar-refractivity contribution in [1.82, 2.24) is 5.32 Å². The molecule has 1 saturated carbocycles. The number of nitrogens with one attached hydrogen (secondary N) is 1. The Labute approximate surface area is 117 Å². The van der Waals surface area contributed by atoms with Crippen molar-refractivity contribution in [3.05, 3.63) is 33.3 Å². The monoisotopic (exact) mass is 315 g/mol. The van der Waals surface area contributed by atoms with Crippen molar-refractivity contribution in [2.24, 2.45) is 5.92 Å². The predicted molar refractivity (Wildman–Crippen MR) is 77.4 cm³/mol. The normalized spacial score (nSPS) is 24.9. The minimum atomic E-state index is 0.671. The van der Waals surface area contributed by atoms with Crippen LogP contribution in [0.5, 0.6) is 0 Å². The Morgan fingerprint density at radius 1 is 1.41 bits per heavy atom. The van der Waals surface area contributed by atoms with Crippen LogP contribution in [0.4, 0.5) is 0 Å². The SMILES string of the molecule is CC1CCCC(NCc2cc(Cl)ccc2Br)C1. The molecule has 0 aromatic heterocycles. The van der Waals surface area contributed by atoms with E-state index in [0.29, 0.717) is 6.04 Å². The Balaban J connectivity index is 1.90. The molecule has 1 fully saturated rings. The van der Waals surface area contributed by atoms with Gasteiger partial charge in [0.05, 0.1) is 0 Å². The van der Waals surface area contributed by atoms with Crippen LogP contribution in [0.25, 0.3) is 0 Å². The van der Waals surface area contributed by atoms with Crippen molar-refractivity contribution in [3.63, 3.8) is 0 Å². The van der Waals surface area contributed by atoms with Crippen molar-refractivity contribution in [2.45, 2.75) is 45.2 Å². The number of halogens is 2. The molecule has 1 aliphatic carbocycles. The molecule has 1 aromatic rings. The zero-order valence-electron chi connectivity index (χ0n) is 10.2. The first-order valence-electron chi connectivity index (χ1n) is 6.32. The molecule has 0 amide bonds. The lowest BCUT2D eigenvalue weighted by Gasteiger charge is -2.27. The van der Waals surface area contributed by atoms with Gasteiger partial charge in [-0.25, -0.2) is 0 Å². The maximum absolute atomic E-state index is 6.01. The van der Waals surface area contributed by atoms with Gasteiger partial charge >= 0.3 is 0 Å². The lowest BCUT2D eigenvalue weighted by atomic mass is 9.87. The van der Waals surface area contributed by atoms with Gasteiger partial charge in [0.2, 0.25) is 0 Å². The quantitative estimate of drug-likeness (QED) is 0.847. The smallest absolute Gasteiger partial charge is 0.0410 e. The number of hydrogen-bond acceptors (Lipinski definition) is 1. The molecule has 0 radical (unpaired) electrons. The van der Waals surface area contributed by atoms with E-state index in [2.05, 4.69) is 28.2 Å². The average molecular weight is 317 g/mol. The second-order valence-corrected chi connectivity index (χ2v) is 6.38. The van der Waals surface area contributed by atoms with Gasteiger partial charge in [-0.15, -0.1) is 0 Å². The molecule has 0 spiro atoms. The second kappa shape index (κ2) is 6.21. The molecular weight excluding hydrogens is 298 g/mol. The summed E-state index contributed by atoms with van der Waals surface area (Å²) in [6.45, 7) is 3.25. The highest BCUT2D eigenvalue weighted by Gasteiger charge is 2.18. The third kappa shape index (κ3) is 3.97. The maximum atomic E-state index is 6.01. The molecule has 2 unspecified atom stereocenters. The van der Waals surface area contributed by atoms with Gasteiger partial charge in [-0.2, -0.15) is 0 Å². The molecule has 17 heavy (non-hydrogen) atoms. The minimum absolute atomic E-state index is 0.671. The molecule has 0 aliphatic heterocycles. The van der Waals surface area contributed by atoms with Crippen LogP contribution in [0.2, 0.25) is 5.02 Å². The van der Waals surface area contributed by atoms with Crippen LogP contribution in [-0.2, 0) is 6.54 Å². The molecule has 2 rings (SSSR count). The predicted octanol–water partition coefficient (Wildman–Crippen LogP) is 4.77. The second-order valence-electron chi connectivity index (χ2n) is 5.09. The largest absolute Gasteiger partial charge is 0.310 e. The fourth-order valence-corrected chi connectivity index (χ4v) is 3.13. The third-order valence-electron chi connectivity index (χ3n) is 3.53. The summed E-state index contributed by atoms with van der Waals surface area (Å²) in [5, 5.41) is 4.46. The molecular formula is C14H19BrClN. The highest BCUT2D eigenvalue weighted by Crippen LogP contribution is 2.25. The Morgan fingerprint density at radius 3 is 3.00 bits per heavy atom. The summed E-state index contributed by atoms with van der Waals surface area (Å²) in [4.78, 5) is 0. The van der Waals surface area contributed by atoms with Crippen molar-refractivity contribution < 1.29 is 0 Å². The van der Waals surface area contributed by atoms with Crippen LogP contribution in [0.15, 0.2) is 22.7 Å². The highest BCUT2D eigenvalue weighted by atomic mass is 79.9. The van der Waals surface area contributed by atoms with Gasteiger partial charge in [-0.05, 0) is 42.5 Å². The summed E-state index contributed by atoms with van der Waals surface area (Å²) in [5.41, 5.74) is 1.25. The van der Waals surface area contributed by atoms with Crippen LogP contribution in [0.1, 0.15) is 38.2 Å². The zero-order chi connectivity index (χ0) is 12.3. The first-order valence-corrected chi connectivity index (χ1v) is 7.49. The first-order chi connectivity index (χ1) is 8.15. The topological polar surface area (TPSA) is 12.0 Å². The Morgan fingerprint density at radius 2 is 2.24 bits per heavy atom. The summed E-state index contributed by atoms with van der Waals surface area (Å²) >= 11 is 9.58. The number of hydrogen-bond donors (Lipinski definition) is 1. The van der Waals surface area contributed by atoms with Gasteiger partial charge in [-0.1, -0.05) is 47.3 Å². The fourth-order valence-electron chi connectivity index (χ4n) is 2.55. The van der Waals surface area contributed by atoms with Gasteiger partial charge in [0.15, 0.2) is 0 Å². The van der Waals surface area contributed by atoms with Crippen LogP contribution in [-0.4, -0.2) is 6.04 Å². The molecule has 0 saturated heterocycles. The molecule has 2 atom stereocenters. The number of benzene rings is 1. The van der Waals surface area contributed by atoms with Crippen molar-refractivity contribution in [3.8, 4) is 0 Å². The molecule has 1 aromatic carbocycles. The fraction of sp³-hybridized carbons (Fsp3) is 0.571. The Bertz CT molecular complexity index is 380. The zero-order valence-corrected chi connectivity index (χ0v) is 12.5. The van der Waals surface area contributed by atoms with E-state index in [1.54, 1.807) is 0 Å². The molecule has 1 aliphatic rings. The lowest BCUT2D eigenvalue weighted by Crippen LogP contribution is -2.33. The number of rotatable bonds is 3. The van der Waals surface area contributed by atoms with Crippen molar-refractivity contribution in [2.75, 3.05) is 0 Å². The van der Waals surface area contributed by atoms with Gasteiger partial charge in [0.25, 0.3) is 0 Å². The van der Waals surface area contributed by atoms with E-state index < -0.39 is 0 Å². The van der Waals surface area contributed by atoms with Crippen molar-refractivity contribution in [1.29, 1.82) is 0 Å². The molecule has 1 nitrogen and oxygen atoms in total. The van der Waals surface area contributed by atoms with Gasteiger partial charge in [0.1, 0.15) is 0 Å². The van der Waals surface area contributed by atoms with Crippen LogP contribution in [0, 0.1) is 5.92 Å². The first kappa shape index (κ1) is 13.4. The Hall–Kier alpha value is -0.0500. The van der Waals surface area contributed by atoms with Crippen LogP contribution >= 0.6 is 27.5 Å². The molecule has 3 heteroatoms. The summed E-state index contributed by atoms with van der Waals surface area (Å²) in [5.74, 6) is 0.865. The maximum Gasteiger partial charge on any atom is 0.0410 e. The Kier molecular flexibility index (Phi) is 4.89. The molecule has 0 bridgehead atoms. The standard InChI is InChI=1S/C14H19BrClN/c1-10-3-2-4-13(7-10)17-9-11-8-12(16)5-6-14(11)15/h5-6,8,10,13,17H,2-4,7,9H2,1H3. The van der Waals surface area contributed by atoms with Gasteiger partial charge < -0.3 is 5.32 Å². The van der Waals surface area contributed by atoms with Gasteiger partial charge in [0, 0.05) is 22.1 Å². The van der Waals surface area contributed by atoms with E-state index in [0.717, 1.165) is 22.0 Å². The minimum Gasteiger partial charge on any atom is -0.310 e. The summed E-state index contributed by atoms with van der Waals surface area (Å²) in [7, 11) is 0. The summed E-state index contributed by atoms with van der Waals surface area (Å²) in [6, 6.07) is 6.63. The van der Waals surface area contributed by atoms with E-state index in [9.17, 15) is 0 Å². The summed E-state index contributed by atoms with van der Waals surface area (Å²) in [6.07, 6.45) is 5.36. The van der Waals surface area contributed by atoms with E-state index in [4.69, 9.17) is 11.6 Å². The van der Waals surface area contributed by atoms with E-state index in [1.165, 1.54) is 31.2 Å². The molecule has 0 heterocycles. The average Bonchev–Trinajstić information content (AvgIpc) is 2.30. The highest BCUT2D eigenvalue weighted by molar-refractivity contribution is 9.10. The lowest BCUT2D eigenvalue weighted by molar-refractivity contribution is 0.300.